The van der Waals surface area contributed by atoms with Gasteiger partial charge in [-0.25, -0.2) is 4.79 Å². The first-order chi connectivity index (χ1) is 15.9. The second-order valence-corrected chi connectivity index (χ2v) is 7.98. The molecule has 0 spiro atoms. The van der Waals surface area contributed by atoms with Crippen molar-refractivity contribution in [3.63, 3.8) is 0 Å². The van der Waals surface area contributed by atoms with E-state index in [1.54, 1.807) is 47.2 Å². The van der Waals surface area contributed by atoms with E-state index in [1.165, 1.54) is 7.11 Å². The van der Waals surface area contributed by atoms with E-state index in [9.17, 15) is 14.4 Å². The number of ether oxygens (including phenoxy) is 2. The van der Waals surface area contributed by atoms with E-state index in [1.807, 2.05) is 19.9 Å². The molecule has 1 saturated heterocycles. The van der Waals surface area contributed by atoms with Gasteiger partial charge in [0.05, 0.1) is 19.8 Å². The van der Waals surface area contributed by atoms with E-state index >= 15 is 0 Å². The second kappa shape index (κ2) is 10.8. The predicted octanol–water partition coefficient (Wildman–Crippen LogP) is 3.98. The molecule has 1 heterocycles. The fourth-order valence-electron chi connectivity index (χ4n) is 3.75. The van der Waals surface area contributed by atoms with E-state index in [0.29, 0.717) is 60.9 Å². The lowest BCUT2D eigenvalue weighted by Gasteiger charge is -2.35. The smallest absolute Gasteiger partial charge is 0.321 e. The van der Waals surface area contributed by atoms with E-state index in [-0.39, 0.29) is 17.7 Å². The number of nitrogens with one attached hydrogen (secondary N) is 1. The maximum Gasteiger partial charge on any atom is 0.321 e. The molecule has 0 unspecified atom stereocenters. The third-order valence-corrected chi connectivity index (χ3v) is 5.77. The number of carbonyl (C=O) groups excluding carboxylic acids is 3. The Morgan fingerprint density at radius 3 is 2.27 bits per heavy atom. The van der Waals surface area contributed by atoms with Gasteiger partial charge in [0.25, 0.3) is 5.91 Å². The molecule has 1 N–H and O–H groups in total. The molecule has 8 heteroatoms. The van der Waals surface area contributed by atoms with Crippen molar-refractivity contribution in [1.29, 1.82) is 0 Å². The quantitative estimate of drug-likeness (QED) is 0.641. The Bertz CT molecular complexity index is 1030. The molecule has 2 aromatic carbocycles. The van der Waals surface area contributed by atoms with Crippen molar-refractivity contribution < 1.29 is 23.9 Å². The maximum atomic E-state index is 13.0. The van der Waals surface area contributed by atoms with E-state index in [0.717, 1.165) is 12.0 Å². The van der Waals surface area contributed by atoms with Crippen LogP contribution in [-0.4, -0.2) is 67.9 Å². The van der Waals surface area contributed by atoms with Gasteiger partial charge in [-0.1, -0.05) is 19.1 Å². The van der Waals surface area contributed by atoms with Crippen molar-refractivity contribution in [2.24, 2.45) is 0 Å². The minimum Gasteiger partial charge on any atom is -0.497 e. The van der Waals surface area contributed by atoms with E-state index in [2.05, 4.69) is 5.32 Å². The lowest BCUT2D eigenvalue weighted by atomic mass is 10.0. The number of nitrogens with zero attached hydrogens (tertiary/aromatic N) is 2. The molecule has 2 aromatic rings. The summed E-state index contributed by atoms with van der Waals surface area (Å²) in [5, 5.41) is 2.92. The molecule has 0 aliphatic carbocycles. The number of hydrogen-bond acceptors (Lipinski definition) is 5. The first kappa shape index (κ1) is 24.1. The normalized spacial score (nSPS) is 13.5. The summed E-state index contributed by atoms with van der Waals surface area (Å²) in [6, 6.07) is 10.2. The van der Waals surface area contributed by atoms with E-state index < -0.39 is 0 Å². The minimum absolute atomic E-state index is 0.0640. The molecule has 0 aromatic heterocycles. The summed E-state index contributed by atoms with van der Waals surface area (Å²) < 4.78 is 10.5. The molecule has 0 bridgehead atoms. The van der Waals surface area contributed by atoms with Crippen molar-refractivity contribution in [3.05, 3.63) is 53.1 Å². The number of Topliss-reactive ketones (excluding diaryl/α,β-unsaturated/α-hetero) is 1. The van der Waals surface area contributed by atoms with Crippen LogP contribution in [-0.2, 0) is 0 Å². The average molecular weight is 454 g/mol. The van der Waals surface area contributed by atoms with Crippen LogP contribution in [0.25, 0.3) is 0 Å². The summed E-state index contributed by atoms with van der Waals surface area (Å²) in [5.41, 5.74) is 2.57. The van der Waals surface area contributed by atoms with Crippen molar-refractivity contribution >= 4 is 23.4 Å². The number of urea groups is 1. The SMILES string of the molecule is CCCC(=O)c1ccc(C)c(NC(=O)N2CCN(C(=O)c3ccc(OC)cc3OC)CC2)c1. The molecule has 176 valence electrons. The molecule has 3 amide bonds. The lowest BCUT2D eigenvalue weighted by molar-refractivity contribution is 0.0668. The van der Waals surface area contributed by atoms with Crippen molar-refractivity contribution in [1.82, 2.24) is 9.80 Å². The summed E-state index contributed by atoms with van der Waals surface area (Å²) in [5.74, 6) is 0.981. The molecule has 0 radical (unpaired) electrons. The molecule has 8 nitrogen and oxygen atoms in total. The van der Waals surface area contributed by atoms with Gasteiger partial charge in [0.1, 0.15) is 11.5 Å². The Hall–Kier alpha value is -3.55. The molecule has 1 aliphatic heterocycles. The zero-order valence-electron chi connectivity index (χ0n) is 19.6. The van der Waals surface area contributed by atoms with Crippen molar-refractivity contribution in [2.75, 3.05) is 45.7 Å². The Balaban J connectivity index is 1.62. The Morgan fingerprint density at radius 2 is 1.64 bits per heavy atom. The fraction of sp³-hybridized carbons (Fsp3) is 0.400. The van der Waals surface area contributed by atoms with E-state index in [4.69, 9.17) is 9.47 Å². The Kier molecular flexibility index (Phi) is 7.92. The summed E-state index contributed by atoms with van der Waals surface area (Å²) in [7, 11) is 3.07. The molecular weight excluding hydrogens is 422 g/mol. The molecule has 1 aliphatic rings. The average Bonchev–Trinajstić information content (AvgIpc) is 2.84. The number of ketones is 1. The van der Waals surface area contributed by atoms with Gasteiger partial charge in [0.15, 0.2) is 5.78 Å². The van der Waals surface area contributed by atoms with Gasteiger partial charge >= 0.3 is 6.03 Å². The fourth-order valence-corrected chi connectivity index (χ4v) is 3.75. The summed E-state index contributed by atoms with van der Waals surface area (Å²) >= 11 is 0. The highest BCUT2D eigenvalue weighted by Crippen LogP contribution is 2.26. The molecule has 0 saturated carbocycles. The second-order valence-electron chi connectivity index (χ2n) is 7.98. The van der Waals surface area contributed by atoms with Crippen LogP contribution in [0.1, 0.15) is 46.0 Å². The van der Waals surface area contributed by atoms with Crippen LogP contribution < -0.4 is 14.8 Å². The summed E-state index contributed by atoms with van der Waals surface area (Å²) in [6.45, 7) is 5.49. The lowest BCUT2D eigenvalue weighted by Crippen LogP contribution is -2.51. The number of anilines is 1. The zero-order chi connectivity index (χ0) is 24.0. The van der Waals surface area contributed by atoms with Gasteiger partial charge in [-0.15, -0.1) is 0 Å². The molecule has 1 fully saturated rings. The first-order valence-corrected chi connectivity index (χ1v) is 11.1. The van der Waals surface area contributed by atoms with Crippen molar-refractivity contribution in [2.45, 2.75) is 26.7 Å². The monoisotopic (exact) mass is 453 g/mol. The van der Waals surface area contributed by atoms with Crippen LogP contribution in [0.15, 0.2) is 36.4 Å². The summed E-state index contributed by atoms with van der Waals surface area (Å²) in [4.78, 5) is 41.4. The number of carbonyl (C=O) groups is 3. The van der Waals surface area contributed by atoms with Crippen LogP contribution >= 0.6 is 0 Å². The highest BCUT2D eigenvalue weighted by molar-refractivity contribution is 5.99. The third-order valence-electron chi connectivity index (χ3n) is 5.77. The van der Waals surface area contributed by atoms with Gasteiger partial charge in [-0.05, 0) is 37.1 Å². The van der Waals surface area contributed by atoms with Crippen LogP contribution in [0.3, 0.4) is 0 Å². The number of rotatable bonds is 7. The van der Waals surface area contributed by atoms with Crippen LogP contribution in [0.2, 0.25) is 0 Å². The van der Waals surface area contributed by atoms with Gasteiger partial charge in [0, 0.05) is 49.9 Å². The predicted molar refractivity (Wildman–Crippen MR) is 126 cm³/mol. The third kappa shape index (κ3) is 5.63. The first-order valence-electron chi connectivity index (χ1n) is 11.1. The molecule has 33 heavy (non-hydrogen) atoms. The highest BCUT2D eigenvalue weighted by atomic mass is 16.5. The Morgan fingerprint density at radius 1 is 0.939 bits per heavy atom. The van der Waals surface area contributed by atoms with Crippen LogP contribution in [0.4, 0.5) is 10.5 Å². The van der Waals surface area contributed by atoms with Gasteiger partial charge in [0.2, 0.25) is 0 Å². The number of benzene rings is 2. The van der Waals surface area contributed by atoms with Gasteiger partial charge in [-0.2, -0.15) is 0 Å². The highest BCUT2D eigenvalue weighted by Gasteiger charge is 2.27. The topological polar surface area (TPSA) is 88.2 Å². The van der Waals surface area contributed by atoms with Gasteiger partial charge < -0.3 is 24.6 Å². The summed E-state index contributed by atoms with van der Waals surface area (Å²) in [6.07, 6.45) is 1.26. The maximum absolute atomic E-state index is 13.0. The van der Waals surface area contributed by atoms with Gasteiger partial charge in [-0.3, -0.25) is 9.59 Å². The Labute approximate surface area is 194 Å². The number of aryl methyl sites for hydroxylation is 1. The largest absolute Gasteiger partial charge is 0.497 e. The van der Waals surface area contributed by atoms with Crippen molar-refractivity contribution in [3.8, 4) is 11.5 Å². The number of piperazine rings is 1. The van der Waals surface area contributed by atoms with Crippen LogP contribution in [0, 0.1) is 6.92 Å². The van der Waals surface area contributed by atoms with Crippen LogP contribution in [0.5, 0.6) is 11.5 Å². The zero-order valence-corrected chi connectivity index (χ0v) is 19.6. The number of methoxy groups -OCH3 is 2. The minimum atomic E-state index is -0.243. The molecule has 3 rings (SSSR count). The molecular formula is C25H31N3O5. The standard InChI is InChI=1S/C25H31N3O5/c1-5-6-22(29)18-8-7-17(2)21(15-18)26-25(31)28-13-11-27(12-14-28)24(30)20-10-9-19(32-3)16-23(20)33-4/h7-10,15-16H,5-6,11-14H2,1-4H3,(H,26,31). The number of hydrogen-bond donors (Lipinski definition) is 1. The molecule has 0 atom stereocenters. The number of amides is 3.